The zero-order valence-electron chi connectivity index (χ0n) is 11.4. The lowest BCUT2D eigenvalue weighted by molar-refractivity contribution is 0.0942. The minimum atomic E-state index is 0.232. The molecule has 0 radical (unpaired) electrons. The molecule has 0 bridgehead atoms. The largest absolute Gasteiger partial charge is 0.317 e. The summed E-state index contributed by atoms with van der Waals surface area (Å²) < 4.78 is 0. The van der Waals surface area contributed by atoms with Gasteiger partial charge in [-0.2, -0.15) is 0 Å². The first kappa shape index (κ1) is 12.0. The van der Waals surface area contributed by atoms with E-state index in [0.717, 1.165) is 48.7 Å². The average Bonchev–Trinajstić information content (AvgIpc) is 3.20. The summed E-state index contributed by atoms with van der Waals surface area (Å²) in [5.74, 6) is 0.556. The molecular formula is C17H18N2O. The molecule has 4 rings (SSSR count). The van der Waals surface area contributed by atoms with Gasteiger partial charge in [0.1, 0.15) is 0 Å². The summed E-state index contributed by atoms with van der Waals surface area (Å²) in [5.41, 5.74) is 1.16. The van der Waals surface area contributed by atoms with Gasteiger partial charge in [-0.3, -0.25) is 9.78 Å². The number of rotatable bonds is 2. The Balaban J connectivity index is 1.68. The number of hydrogen-bond donors (Lipinski definition) is 1. The van der Waals surface area contributed by atoms with Crippen LogP contribution >= 0.6 is 0 Å². The van der Waals surface area contributed by atoms with E-state index in [4.69, 9.17) is 0 Å². The highest BCUT2D eigenvalue weighted by Crippen LogP contribution is 2.59. The number of ketones is 1. The summed E-state index contributed by atoms with van der Waals surface area (Å²) in [4.78, 5) is 17.0. The molecule has 1 saturated carbocycles. The van der Waals surface area contributed by atoms with E-state index in [1.807, 2.05) is 30.5 Å². The van der Waals surface area contributed by atoms with E-state index in [9.17, 15) is 4.79 Å². The van der Waals surface area contributed by atoms with Gasteiger partial charge in [0, 0.05) is 29.3 Å². The molecule has 2 aromatic rings. The molecular weight excluding hydrogens is 248 g/mol. The van der Waals surface area contributed by atoms with E-state index in [0.29, 0.717) is 11.2 Å². The second-order valence-electron chi connectivity index (χ2n) is 6.14. The van der Waals surface area contributed by atoms with Crippen LogP contribution in [0, 0.1) is 11.3 Å². The van der Waals surface area contributed by atoms with Crippen LogP contribution < -0.4 is 5.32 Å². The second kappa shape index (κ2) is 4.38. The van der Waals surface area contributed by atoms with Gasteiger partial charge in [0.25, 0.3) is 0 Å². The predicted molar refractivity (Wildman–Crippen MR) is 78.7 cm³/mol. The maximum Gasteiger partial charge on any atom is 0.167 e. The van der Waals surface area contributed by atoms with Gasteiger partial charge in [0.15, 0.2) is 5.78 Å². The second-order valence-corrected chi connectivity index (χ2v) is 6.14. The number of nitrogens with zero attached hydrogens (tertiary/aromatic N) is 1. The molecule has 2 heterocycles. The molecule has 102 valence electrons. The zero-order valence-corrected chi connectivity index (χ0v) is 11.4. The van der Waals surface area contributed by atoms with Crippen LogP contribution in [0.5, 0.6) is 0 Å². The molecule has 1 N–H and O–H groups in total. The van der Waals surface area contributed by atoms with Gasteiger partial charge in [-0.1, -0.05) is 18.2 Å². The van der Waals surface area contributed by atoms with Crippen LogP contribution in [-0.2, 0) is 0 Å². The fourth-order valence-corrected chi connectivity index (χ4v) is 3.71. The lowest BCUT2D eigenvalue weighted by atomic mass is 9.88. The molecule has 0 amide bonds. The Morgan fingerprint density at radius 1 is 1.25 bits per heavy atom. The van der Waals surface area contributed by atoms with Gasteiger partial charge in [-0.05, 0) is 49.2 Å². The maximum absolute atomic E-state index is 12.8. The van der Waals surface area contributed by atoms with E-state index >= 15 is 0 Å². The summed E-state index contributed by atoms with van der Waals surface area (Å²) in [6.07, 6.45) is 6.96. The Kier molecular flexibility index (Phi) is 2.64. The first-order chi connectivity index (χ1) is 9.80. The highest BCUT2D eigenvalue weighted by atomic mass is 16.1. The van der Waals surface area contributed by atoms with Crippen LogP contribution in [0.15, 0.2) is 36.7 Å². The van der Waals surface area contributed by atoms with Crippen molar-refractivity contribution >= 4 is 16.6 Å². The quantitative estimate of drug-likeness (QED) is 0.850. The van der Waals surface area contributed by atoms with E-state index in [1.54, 1.807) is 6.20 Å². The van der Waals surface area contributed by atoms with Crippen molar-refractivity contribution in [2.24, 2.45) is 11.3 Å². The number of carbonyl (C=O) groups is 1. The summed E-state index contributed by atoms with van der Waals surface area (Å²) in [7, 11) is 0. The topological polar surface area (TPSA) is 42.0 Å². The number of carbonyl (C=O) groups excluding carboxylic acids is 1. The fraction of sp³-hybridized carbons (Fsp3) is 0.412. The third-order valence-corrected chi connectivity index (χ3v) is 5.05. The van der Waals surface area contributed by atoms with Crippen LogP contribution in [0.1, 0.15) is 29.6 Å². The summed E-state index contributed by atoms with van der Waals surface area (Å²) >= 11 is 0. The highest BCUT2D eigenvalue weighted by molar-refractivity contribution is 6.10. The predicted octanol–water partition coefficient (Wildman–Crippen LogP) is 2.81. The van der Waals surface area contributed by atoms with Crippen LogP contribution in [0.3, 0.4) is 0 Å². The average molecular weight is 266 g/mol. The van der Waals surface area contributed by atoms with Gasteiger partial charge >= 0.3 is 0 Å². The molecule has 1 aliphatic carbocycles. The third kappa shape index (κ3) is 1.77. The summed E-state index contributed by atoms with van der Waals surface area (Å²) in [6.45, 7) is 2.11. The maximum atomic E-state index is 12.8. The molecule has 2 fully saturated rings. The number of Topliss-reactive ketones (excluding diaryl/α,β-unsaturated/α-hetero) is 1. The van der Waals surface area contributed by atoms with Crippen molar-refractivity contribution in [1.82, 2.24) is 10.3 Å². The molecule has 1 aromatic heterocycles. The van der Waals surface area contributed by atoms with E-state index < -0.39 is 0 Å². The Morgan fingerprint density at radius 3 is 2.95 bits per heavy atom. The molecule has 1 spiro atoms. The van der Waals surface area contributed by atoms with Crippen LogP contribution in [0.2, 0.25) is 0 Å². The number of aromatic nitrogens is 1. The summed E-state index contributed by atoms with van der Waals surface area (Å²) in [5, 5.41) is 5.49. The van der Waals surface area contributed by atoms with Crippen molar-refractivity contribution in [1.29, 1.82) is 0 Å². The minimum Gasteiger partial charge on any atom is -0.317 e. The van der Waals surface area contributed by atoms with Crippen LogP contribution in [0.4, 0.5) is 0 Å². The summed E-state index contributed by atoms with van der Waals surface area (Å²) in [6, 6.07) is 7.95. The number of hydrogen-bond acceptors (Lipinski definition) is 3. The molecule has 20 heavy (non-hydrogen) atoms. The van der Waals surface area contributed by atoms with Gasteiger partial charge in [-0.15, -0.1) is 0 Å². The van der Waals surface area contributed by atoms with Crippen molar-refractivity contribution in [3.63, 3.8) is 0 Å². The van der Waals surface area contributed by atoms with Crippen molar-refractivity contribution in [2.75, 3.05) is 13.1 Å². The molecule has 3 nitrogen and oxygen atoms in total. The van der Waals surface area contributed by atoms with Crippen molar-refractivity contribution in [3.8, 4) is 0 Å². The molecule has 2 aliphatic rings. The first-order valence-corrected chi connectivity index (χ1v) is 7.38. The van der Waals surface area contributed by atoms with Crippen molar-refractivity contribution in [2.45, 2.75) is 19.3 Å². The van der Waals surface area contributed by atoms with E-state index in [2.05, 4.69) is 10.3 Å². The number of benzene rings is 1. The lowest BCUT2D eigenvalue weighted by Crippen LogP contribution is -2.30. The normalized spacial score (nSPS) is 23.9. The molecule has 1 aromatic carbocycles. The fourth-order valence-electron chi connectivity index (χ4n) is 3.71. The minimum absolute atomic E-state index is 0.232. The highest BCUT2D eigenvalue weighted by Gasteiger charge is 2.57. The number of nitrogens with one attached hydrogen (secondary N) is 1. The lowest BCUT2D eigenvalue weighted by Gasteiger charge is -2.23. The standard InChI is InChI=1S/C17H18N2O/c20-16(15-10-17(15)5-8-18-9-6-17)13-3-1-2-12-4-7-19-11-14(12)13/h1-4,7,11,15,18H,5-6,8-10H2. The van der Waals surface area contributed by atoms with Crippen molar-refractivity contribution in [3.05, 3.63) is 42.2 Å². The van der Waals surface area contributed by atoms with Gasteiger partial charge < -0.3 is 5.32 Å². The Hall–Kier alpha value is -1.74. The molecule has 1 saturated heterocycles. The third-order valence-electron chi connectivity index (χ3n) is 5.05. The van der Waals surface area contributed by atoms with Gasteiger partial charge in [-0.25, -0.2) is 0 Å². The number of pyridine rings is 1. The van der Waals surface area contributed by atoms with E-state index in [1.165, 1.54) is 0 Å². The van der Waals surface area contributed by atoms with E-state index in [-0.39, 0.29) is 5.92 Å². The Labute approximate surface area is 118 Å². The molecule has 1 aliphatic heterocycles. The number of fused-ring (bicyclic) bond motifs is 1. The van der Waals surface area contributed by atoms with Crippen LogP contribution in [-0.4, -0.2) is 23.9 Å². The smallest absolute Gasteiger partial charge is 0.167 e. The zero-order chi connectivity index (χ0) is 13.6. The number of piperidine rings is 1. The van der Waals surface area contributed by atoms with Gasteiger partial charge in [0.05, 0.1) is 0 Å². The molecule has 1 atom stereocenters. The first-order valence-electron chi connectivity index (χ1n) is 7.38. The van der Waals surface area contributed by atoms with Crippen molar-refractivity contribution < 1.29 is 4.79 Å². The Bertz CT molecular complexity index is 668. The Morgan fingerprint density at radius 2 is 2.10 bits per heavy atom. The monoisotopic (exact) mass is 266 g/mol. The molecule has 3 heteroatoms. The van der Waals surface area contributed by atoms with Crippen LogP contribution in [0.25, 0.3) is 10.8 Å². The van der Waals surface area contributed by atoms with Gasteiger partial charge in [0.2, 0.25) is 0 Å². The SMILES string of the molecule is O=C(c1cccc2ccncc12)C1CC12CCNCC2. The molecule has 1 unspecified atom stereocenters.